The molecule has 4 heterocycles. The number of aryl methyl sites for hydroxylation is 1. The Morgan fingerprint density at radius 1 is 1.26 bits per heavy atom. The van der Waals surface area contributed by atoms with E-state index in [-0.39, 0.29) is 51.5 Å². The van der Waals surface area contributed by atoms with Crippen LogP contribution in [0.5, 0.6) is 0 Å². The molecule has 0 bridgehead atoms. The average molecular weight is 654 g/mol. The molecule has 2 amide bonds. The van der Waals surface area contributed by atoms with Crippen LogP contribution in [0, 0.1) is 0 Å². The third-order valence-electron chi connectivity index (χ3n) is 6.02. The Hall–Kier alpha value is -4.43. The number of nitrogens with two attached hydrogens (primary N) is 2. The van der Waals surface area contributed by atoms with Gasteiger partial charge in [-0.2, -0.15) is 0 Å². The zero-order valence-electron chi connectivity index (χ0n) is 22.4. The lowest BCUT2D eigenvalue weighted by Crippen LogP contribution is -2.71. The Morgan fingerprint density at radius 3 is 2.58 bits per heavy atom. The van der Waals surface area contributed by atoms with Crippen LogP contribution in [0.1, 0.15) is 29.4 Å². The van der Waals surface area contributed by atoms with Crippen LogP contribution in [0.25, 0.3) is 0 Å². The number of β-lactam (4-membered cyclic amide) rings is 1. The molecule has 20 heteroatoms. The molecule has 2 aliphatic rings. The number of carboxylic acid groups (broad SMARTS) is 3. The Labute approximate surface area is 255 Å². The number of thioether (sulfide) groups is 2. The fourth-order valence-electron chi connectivity index (χ4n) is 4.04. The number of anilines is 2. The van der Waals surface area contributed by atoms with Crippen LogP contribution in [0.15, 0.2) is 33.2 Å². The van der Waals surface area contributed by atoms with Gasteiger partial charge in [-0.25, -0.2) is 19.1 Å². The van der Waals surface area contributed by atoms with Crippen molar-refractivity contribution in [1.29, 1.82) is 0 Å². The fraction of sp³-hybridized carbons (Fsp3) is 0.348. The van der Waals surface area contributed by atoms with E-state index in [1.54, 1.807) is 7.05 Å². The smallest absolute Gasteiger partial charge is 0.361 e. The molecular weight excluding hydrogens is 629 g/mol. The molecule has 0 spiro atoms. The molecule has 0 aliphatic carbocycles. The summed E-state index contributed by atoms with van der Waals surface area (Å²) in [5, 5.41) is 35.6. The first kappa shape index (κ1) is 31.5. The van der Waals surface area contributed by atoms with E-state index in [9.17, 15) is 34.2 Å². The topological polar surface area (TPSA) is 265 Å². The van der Waals surface area contributed by atoms with Gasteiger partial charge < -0.3 is 36.9 Å². The number of thiazole rings is 1. The number of rotatable bonds is 12. The van der Waals surface area contributed by atoms with Gasteiger partial charge in [0.1, 0.15) is 35.1 Å². The van der Waals surface area contributed by atoms with Gasteiger partial charge in [-0.05, 0) is 29.2 Å². The summed E-state index contributed by atoms with van der Waals surface area (Å²) < 4.78 is 1.45. The van der Waals surface area contributed by atoms with Crippen molar-refractivity contribution in [2.75, 3.05) is 23.0 Å². The van der Waals surface area contributed by atoms with Gasteiger partial charge in [-0.3, -0.25) is 19.3 Å². The highest BCUT2D eigenvalue weighted by Gasteiger charge is 2.54. The number of hydrogen-bond donors (Lipinski definition) is 6. The second-order valence-electron chi connectivity index (χ2n) is 9.17. The van der Waals surface area contributed by atoms with Crippen LogP contribution >= 0.6 is 34.9 Å². The number of carbonyl (C=O) groups is 5. The predicted molar refractivity (Wildman–Crippen MR) is 153 cm³/mol. The maximum absolute atomic E-state index is 13.2. The fourth-order valence-corrected chi connectivity index (χ4v) is 7.02. The van der Waals surface area contributed by atoms with Crippen molar-refractivity contribution >= 4 is 81.2 Å². The van der Waals surface area contributed by atoms with Gasteiger partial charge in [0.25, 0.3) is 17.6 Å². The van der Waals surface area contributed by atoms with Crippen LogP contribution in [0.3, 0.4) is 0 Å². The zero-order chi connectivity index (χ0) is 31.6. The quantitative estimate of drug-likeness (QED) is 0.0415. The van der Waals surface area contributed by atoms with Gasteiger partial charge in [-0.1, -0.05) is 5.16 Å². The third kappa shape index (κ3) is 6.81. The number of carboxylic acids is 3. The number of carbonyl (C=O) groups excluding carboxylic acids is 2. The molecule has 0 saturated carbocycles. The van der Waals surface area contributed by atoms with E-state index in [0.717, 1.165) is 28.0 Å². The molecule has 8 N–H and O–H groups in total. The standard InChI is InChI=1S/C23H24N8O9S3/c1-8(3-12(32)33)40-29-13(11-7-42-22(25)26-11)17(34)27-14-18(35)31-15(21(38)39)9(5-41-19(14)31)6-43-23-28-16(24)10(20(36)37)4-30(23)2/h4,7-8,14,19,24H,3,5-6H2,1-2H3,(H6,25,26,27,32,33,34,36,37,38,39)/p+1/b29-13-/t8?,14?,19-/m1/s1. The SMILES string of the molecule is CC(CC(=O)O)O/N=C(\C(=O)NC1C(=O)N2C(C(=O)O)=C(CSc3nc(N)c(C(=O)O)c[n+]3C)CS[C@H]12)c1csc(N)n1. The summed E-state index contributed by atoms with van der Waals surface area (Å²) in [6.07, 6.45) is 0.0360. The van der Waals surface area contributed by atoms with Crippen molar-refractivity contribution in [2.24, 2.45) is 12.2 Å². The molecule has 2 aliphatic heterocycles. The van der Waals surface area contributed by atoms with E-state index in [1.807, 2.05) is 0 Å². The maximum Gasteiger partial charge on any atom is 0.361 e. The van der Waals surface area contributed by atoms with Crippen LogP contribution in [0.4, 0.5) is 10.9 Å². The number of nitrogens with zero attached hydrogens (tertiary/aromatic N) is 5. The lowest BCUT2D eigenvalue weighted by atomic mass is 10.0. The Morgan fingerprint density at radius 2 is 1.98 bits per heavy atom. The molecule has 4 rings (SSSR count). The van der Waals surface area contributed by atoms with Crippen LogP contribution in [0.2, 0.25) is 0 Å². The van der Waals surface area contributed by atoms with Gasteiger partial charge in [0.05, 0.1) is 13.5 Å². The predicted octanol–water partition coefficient (Wildman–Crippen LogP) is -0.660. The minimum absolute atomic E-state index is 0.0479. The highest BCUT2D eigenvalue weighted by molar-refractivity contribution is 8.01. The van der Waals surface area contributed by atoms with E-state index < -0.39 is 47.2 Å². The number of aromatic carboxylic acids is 1. The average Bonchev–Trinajstić information content (AvgIpc) is 3.36. The molecule has 3 atom stereocenters. The molecular formula is C23H25N8O9S3+. The van der Waals surface area contributed by atoms with Gasteiger partial charge in [0.15, 0.2) is 16.4 Å². The molecule has 0 radical (unpaired) electrons. The van der Waals surface area contributed by atoms with Crippen LogP contribution in [-0.2, 0) is 31.1 Å². The second kappa shape index (κ2) is 12.8. The van der Waals surface area contributed by atoms with Crippen LogP contribution in [-0.4, -0.2) is 94.6 Å². The number of nitrogen functional groups attached to an aromatic ring is 2. The molecule has 43 heavy (non-hydrogen) atoms. The molecule has 2 aromatic heterocycles. The summed E-state index contributed by atoms with van der Waals surface area (Å²) in [7, 11) is 1.57. The Bertz CT molecular complexity index is 1580. The van der Waals surface area contributed by atoms with Gasteiger partial charge >= 0.3 is 23.1 Å². The first-order valence-corrected chi connectivity index (χ1v) is 15.1. The largest absolute Gasteiger partial charge is 0.481 e. The number of aromatic nitrogens is 3. The summed E-state index contributed by atoms with van der Waals surface area (Å²) in [6, 6.07) is -1.10. The van der Waals surface area contributed by atoms with Crippen molar-refractivity contribution in [3.8, 4) is 0 Å². The number of amides is 2. The van der Waals surface area contributed by atoms with Crippen LogP contribution < -0.4 is 21.4 Å². The van der Waals surface area contributed by atoms with E-state index >= 15 is 0 Å². The molecule has 0 aromatic carbocycles. The van der Waals surface area contributed by atoms with E-state index in [4.69, 9.17) is 21.4 Å². The van der Waals surface area contributed by atoms with Crippen molar-refractivity contribution < 1.29 is 48.7 Å². The lowest BCUT2D eigenvalue weighted by Gasteiger charge is -2.49. The molecule has 1 saturated heterocycles. The number of nitrogens with one attached hydrogen (secondary N) is 1. The first-order chi connectivity index (χ1) is 20.3. The summed E-state index contributed by atoms with van der Waals surface area (Å²) >= 11 is 3.38. The molecule has 17 nitrogen and oxygen atoms in total. The van der Waals surface area contributed by atoms with Gasteiger partial charge in [0, 0.05) is 16.9 Å². The zero-order valence-corrected chi connectivity index (χ0v) is 24.9. The minimum Gasteiger partial charge on any atom is -0.481 e. The minimum atomic E-state index is -1.34. The van der Waals surface area contributed by atoms with E-state index in [1.165, 1.54) is 34.8 Å². The first-order valence-electron chi connectivity index (χ1n) is 12.2. The summed E-state index contributed by atoms with van der Waals surface area (Å²) in [4.78, 5) is 75.2. The van der Waals surface area contributed by atoms with Crippen molar-refractivity contribution in [3.63, 3.8) is 0 Å². The molecule has 2 unspecified atom stereocenters. The third-order valence-corrected chi connectivity index (χ3v) is 9.17. The van der Waals surface area contributed by atoms with Gasteiger partial charge in [0.2, 0.25) is 0 Å². The number of oxime groups is 1. The Balaban J connectivity index is 1.50. The molecule has 1 fully saturated rings. The lowest BCUT2D eigenvalue weighted by molar-refractivity contribution is -0.713. The highest BCUT2D eigenvalue weighted by Crippen LogP contribution is 2.41. The number of fused-ring (bicyclic) bond motifs is 1. The summed E-state index contributed by atoms with van der Waals surface area (Å²) in [5.74, 6) is -5.10. The highest BCUT2D eigenvalue weighted by atomic mass is 32.2. The summed E-state index contributed by atoms with van der Waals surface area (Å²) in [6.45, 7) is 1.44. The summed E-state index contributed by atoms with van der Waals surface area (Å²) in [5.41, 5.74) is 11.1. The maximum atomic E-state index is 13.2. The van der Waals surface area contributed by atoms with Gasteiger partial charge in [-0.15, -0.1) is 23.1 Å². The molecule has 2 aromatic rings. The Kier molecular flexibility index (Phi) is 9.40. The number of aliphatic carboxylic acids is 2. The van der Waals surface area contributed by atoms with Crippen molar-refractivity contribution in [2.45, 2.75) is 36.0 Å². The monoisotopic (exact) mass is 653 g/mol. The normalized spacial score (nSPS) is 18.9. The second-order valence-corrected chi connectivity index (χ2v) is 12.1. The van der Waals surface area contributed by atoms with E-state index in [2.05, 4.69) is 20.4 Å². The molecule has 228 valence electrons. The number of hydrogen-bond acceptors (Lipinski definition) is 14. The van der Waals surface area contributed by atoms with E-state index in [0.29, 0.717) is 10.7 Å². The van der Waals surface area contributed by atoms with Crippen molar-refractivity contribution in [3.05, 3.63) is 34.1 Å². The van der Waals surface area contributed by atoms with Crippen molar-refractivity contribution in [1.82, 2.24) is 20.2 Å².